The first kappa shape index (κ1) is 16.9. The summed E-state index contributed by atoms with van der Waals surface area (Å²) in [7, 11) is 0. The molecular weight excluding hydrogens is 280 g/mol. The lowest BCUT2D eigenvalue weighted by Crippen LogP contribution is -2.46. The first-order valence-corrected chi connectivity index (χ1v) is 8.97. The van der Waals surface area contributed by atoms with E-state index in [1.165, 1.54) is 49.8 Å². The number of thiazole rings is 1. The summed E-state index contributed by atoms with van der Waals surface area (Å²) in [5.41, 5.74) is 1.39. The molecule has 2 heterocycles. The average molecular weight is 311 g/mol. The van der Waals surface area contributed by atoms with Crippen molar-refractivity contribution in [1.82, 2.24) is 20.1 Å². The van der Waals surface area contributed by atoms with E-state index in [1.807, 2.05) is 0 Å². The van der Waals surface area contributed by atoms with Crippen molar-refractivity contribution in [3.05, 3.63) is 16.1 Å². The Morgan fingerprint density at radius 3 is 2.48 bits per heavy atom. The normalized spacial score (nSPS) is 18.3. The Hall–Kier alpha value is -0.490. The lowest BCUT2D eigenvalue weighted by molar-refractivity contribution is 0.126. The molecule has 1 aromatic heterocycles. The van der Waals surface area contributed by atoms with Gasteiger partial charge in [0.05, 0.1) is 5.69 Å². The zero-order valence-electron chi connectivity index (χ0n) is 14.0. The standard InChI is InChI=1S/C16H30N4S/c1-5-6-19-7-9-20(10-8-19)12-14-13-21-15(18-14)11-17-16(2,3)4/h13,17H,5-12H2,1-4H3. The number of piperazine rings is 1. The minimum atomic E-state index is 0.154. The van der Waals surface area contributed by atoms with Crippen molar-refractivity contribution in [2.45, 2.75) is 52.7 Å². The SMILES string of the molecule is CCCN1CCN(Cc2csc(CNC(C)(C)C)n2)CC1. The molecule has 1 N–H and O–H groups in total. The average Bonchev–Trinajstić information content (AvgIpc) is 2.86. The number of nitrogens with zero attached hydrogens (tertiary/aromatic N) is 3. The van der Waals surface area contributed by atoms with Crippen molar-refractivity contribution in [3.8, 4) is 0 Å². The Morgan fingerprint density at radius 1 is 1.19 bits per heavy atom. The van der Waals surface area contributed by atoms with Crippen LogP contribution in [0.2, 0.25) is 0 Å². The molecule has 21 heavy (non-hydrogen) atoms. The van der Waals surface area contributed by atoms with E-state index >= 15 is 0 Å². The van der Waals surface area contributed by atoms with Gasteiger partial charge in [0.1, 0.15) is 5.01 Å². The van der Waals surface area contributed by atoms with Crippen LogP contribution >= 0.6 is 11.3 Å². The number of rotatable bonds is 6. The van der Waals surface area contributed by atoms with E-state index in [4.69, 9.17) is 4.98 Å². The lowest BCUT2D eigenvalue weighted by atomic mass is 10.1. The first-order chi connectivity index (χ1) is 9.96. The molecule has 0 aliphatic carbocycles. The van der Waals surface area contributed by atoms with Crippen LogP contribution in [-0.4, -0.2) is 53.0 Å². The topological polar surface area (TPSA) is 31.4 Å². The van der Waals surface area contributed by atoms with E-state index in [-0.39, 0.29) is 5.54 Å². The van der Waals surface area contributed by atoms with Crippen molar-refractivity contribution in [2.24, 2.45) is 0 Å². The van der Waals surface area contributed by atoms with Crippen LogP contribution in [0.3, 0.4) is 0 Å². The highest BCUT2D eigenvalue weighted by Gasteiger charge is 2.17. The molecule has 4 nitrogen and oxygen atoms in total. The molecule has 0 radical (unpaired) electrons. The van der Waals surface area contributed by atoms with Gasteiger partial charge in [0, 0.05) is 50.2 Å². The molecular formula is C16H30N4S. The molecule has 1 aromatic rings. The fourth-order valence-corrected chi connectivity index (χ4v) is 3.28. The molecule has 0 aromatic carbocycles. The Labute approximate surface area is 133 Å². The van der Waals surface area contributed by atoms with Gasteiger partial charge in [-0.15, -0.1) is 11.3 Å². The van der Waals surface area contributed by atoms with Gasteiger partial charge in [0.25, 0.3) is 0 Å². The lowest BCUT2D eigenvalue weighted by Gasteiger charge is -2.34. The van der Waals surface area contributed by atoms with Gasteiger partial charge in [0.2, 0.25) is 0 Å². The Balaban J connectivity index is 1.75. The highest BCUT2D eigenvalue weighted by Crippen LogP contribution is 2.14. The summed E-state index contributed by atoms with van der Waals surface area (Å²) < 4.78 is 0. The van der Waals surface area contributed by atoms with Gasteiger partial charge in [-0.25, -0.2) is 4.98 Å². The summed E-state index contributed by atoms with van der Waals surface area (Å²) in [6.07, 6.45) is 1.26. The molecule has 1 fully saturated rings. The molecule has 0 amide bonds. The van der Waals surface area contributed by atoms with Crippen molar-refractivity contribution in [1.29, 1.82) is 0 Å². The summed E-state index contributed by atoms with van der Waals surface area (Å²) in [4.78, 5) is 9.86. The minimum absolute atomic E-state index is 0.154. The summed E-state index contributed by atoms with van der Waals surface area (Å²) in [6.45, 7) is 16.7. The van der Waals surface area contributed by atoms with E-state index in [9.17, 15) is 0 Å². The maximum Gasteiger partial charge on any atom is 0.107 e. The number of hydrogen-bond donors (Lipinski definition) is 1. The smallest absolute Gasteiger partial charge is 0.107 e. The van der Waals surface area contributed by atoms with Gasteiger partial charge in [-0.1, -0.05) is 6.92 Å². The van der Waals surface area contributed by atoms with Crippen LogP contribution in [0.15, 0.2) is 5.38 Å². The van der Waals surface area contributed by atoms with Crippen LogP contribution in [-0.2, 0) is 13.1 Å². The van der Waals surface area contributed by atoms with Crippen LogP contribution in [0.4, 0.5) is 0 Å². The molecule has 0 bridgehead atoms. The van der Waals surface area contributed by atoms with E-state index in [0.717, 1.165) is 13.1 Å². The minimum Gasteiger partial charge on any atom is -0.306 e. The fourth-order valence-electron chi connectivity index (χ4n) is 2.56. The third-order valence-electron chi connectivity index (χ3n) is 3.76. The molecule has 120 valence electrons. The number of hydrogen-bond acceptors (Lipinski definition) is 5. The Bertz CT molecular complexity index is 416. The molecule has 2 rings (SSSR count). The predicted octanol–water partition coefficient (Wildman–Crippen LogP) is 2.56. The van der Waals surface area contributed by atoms with Gasteiger partial charge < -0.3 is 10.2 Å². The highest BCUT2D eigenvalue weighted by atomic mass is 32.1. The van der Waals surface area contributed by atoms with Gasteiger partial charge in [-0.2, -0.15) is 0 Å². The van der Waals surface area contributed by atoms with Crippen LogP contribution in [0.25, 0.3) is 0 Å². The van der Waals surface area contributed by atoms with Crippen LogP contribution in [0, 0.1) is 0 Å². The maximum atomic E-state index is 4.76. The largest absolute Gasteiger partial charge is 0.306 e. The Kier molecular flexibility index (Phi) is 6.17. The zero-order chi connectivity index (χ0) is 15.3. The monoisotopic (exact) mass is 310 g/mol. The second kappa shape index (κ2) is 7.68. The molecule has 0 saturated carbocycles. The van der Waals surface area contributed by atoms with Gasteiger partial charge in [-0.05, 0) is 33.7 Å². The van der Waals surface area contributed by atoms with E-state index in [1.54, 1.807) is 11.3 Å². The summed E-state index contributed by atoms with van der Waals surface area (Å²) in [5, 5.41) is 6.92. The summed E-state index contributed by atoms with van der Waals surface area (Å²) in [6, 6.07) is 0. The zero-order valence-corrected chi connectivity index (χ0v) is 14.8. The Morgan fingerprint density at radius 2 is 1.86 bits per heavy atom. The number of aromatic nitrogens is 1. The molecule has 1 aliphatic heterocycles. The van der Waals surface area contributed by atoms with Gasteiger partial charge in [0.15, 0.2) is 0 Å². The van der Waals surface area contributed by atoms with Crippen LogP contribution in [0.5, 0.6) is 0 Å². The van der Waals surface area contributed by atoms with Crippen molar-refractivity contribution in [2.75, 3.05) is 32.7 Å². The predicted molar refractivity (Wildman–Crippen MR) is 90.7 cm³/mol. The maximum absolute atomic E-state index is 4.76. The van der Waals surface area contributed by atoms with Crippen molar-refractivity contribution in [3.63, 3.8) is 0 Å². The summed E-state index contributed by atoms with van der Waals surface area (Å²) >= 11 is 1.78. The van der Waals surface area contributed by atoms with Crippen LogP contribution < -0.4 is 5.32 Å². The quantitative estimate of drug-likeness (QED) is 0.875. The van der Waals surface area contributed by atoms with E-state index in [0.29, 0.717) is 0 Å². The second-order valence-electron chi connectivity index (χ2n) is 6.95. The van der Waals surface area contributed by atoms with Gasteiger partial charge in [-0.3, -0.25) is 4.90 Å². The third kappa shape index (κ3) is 6.02. The van der Waals surface area contributed by atoms with Crippen molar-refractivity contribution >= 4 is 11.3 Å². The highest BCUT2D eigenvalue weighted by molar-refractivity contribution is 7.09. The van der Waals surface area contributed by atoms with Crippen LogP contribution in [0.1, 0.15) is 44.8 Å². The second-order valence-corrected chi connectivity index (χ2v) is 7.90. The first-order valence-electron chi connectivity index (χ1n) is 8.09. The fraction of sp³-hybridized carbons (Fsp3) is 0.812. The molecule has 0 spiro atoms. The third-order valence-corrected chi connectivity index (χ3v) is 4.66. The van der Waals surface area contributed by atoms with E-state index < -0.39 is 0 Å². The summed E-state index contributed by atoms with van der Waals surface area (Å²) in [5.74, 6) is 0. The van der Waals surface area contributed by atoms with Crippen molar-refractivity contribution < 1.29 is 0 Å². The molecule has 0 unspecified atom stereocenters. The molecule has 1 aliphatic rings. The van der Waals surface area contributed by atoms with Gasteiger partial charge >= 0.3 is 0 Å². The molecule has 5 heteroatoms. The number of nitrogens with one attached hydrogen (secondary N) is 1. The van der Waals surface area contributed by atoms with E-state index in [2.05, 4.69) is 48.2 Å². The molecule has 0 atom stereocenters. The molecule has 1 saturated heterocycles.